The first-order valence-corrected chi connectivity index (χ1v) is 4.21. The Hall–Kier alpha value is -1.27. The van der Waals surface area contributed by atoms with E-state index in [0.29, 0.717) is 11.3 Å². The van der Waals surface area contributed by atoms with E-state index in [-0.39, 0.29) is 0 Å². The van der Waals surface area contributed by atoms with Gasteiger partial charge in [0.15, 0.2) is 0 Å². The number of allylic oxidation sites excluding steroid dienone is 2. The van der Waals surface area contributed by atoms with Gasteiger partial charge in [-0.1, -0.05) is 0 Å². The average Bonchev–Trinajstić information content (AvgIpc) is 2.46. The second kappa shape index (κ2) is 2.11. The molecule has 11 heavy (non-hydrogen) atoms. The average molecular weight is 162 g/mol. The lowest BCUT2D eigenvalue weighted by Gasteiger charge is -1.88. The van der Waals surface area contributed by atoms with Crippen LogP contribution in [0.15, 0.2) is 16.5 Å². The van der Waals surface area contributed by atoms with Crippen LogP contribution in [0.4, 0.5) is 0 Å². The molecule has 0 fully saturated rings. The third-order valence-electron chi connectivity index (χ3n) is 1.83. The van der Waals surface area contributed by atoms with E-state index in [1.54, 1.807) is 11.3 Å². The van der Waals surface area contributed by atoms with Crippen molar-refractivity contribution in [3.8, 4) is 6.07 Å². The summed E-state index contributed by atoms with van der Waals surface area (Å²) < 4.78 is 0. The van der Waals surface area contributed by atoms with E-state index in [4.69, 9.17) is 11.0 Å². The molecule has 0 atom stereocenters. The SMILES string of the molecule is N#CC1=C(N)Cc2cscc21. The normalized spacial score (nSPS) is 14.8. The van der Waals surface area contributed by atoms with Crippen molar-refractivity contribution >= 4 is 16.9 Å². The zero-order valence-corrected chi connectivity index (χ0v) is 6.61. The summed E-state index contributed by atoms with van der Waals surface area (Å²) in [6.07, 6.45) is 0.752. The van der Waals surface area contributed by atoms with Crippen LogP contribution in [0.25, 0.3) is 5.57 Å². The van der Waals surface area contributed by atoms with Gasteiger partial charge < -0.3 is 5.73 Å². The molecule has 1 aromatic heterocycles. The van der Waals surface area contributed by atoms with Gasteiger partial charge >= 0.3 is 0 Å². The molecule has 0 amide bonds. The first kappa shape index (κ1) is 6.44. The van der Waals surface area contributed by atoms with E-state index in [2.05, 4.69) is 6.07 Å². The molecule has 0 radical (unpaired) electrons. The molecule has 54 valence electrons. The van der Waals surface area contributed by atoms with E-state index in [0.717, 1.165) is 12.0 Å². The molecule has 0 aromatic carbocycles. The van der Waals surface area contributed by atoms with Gasteiger partial charge in [-0.05, 0) is 16.3 Å². The Morgan fingerprint density at radius 2 is 2.36 bits per heavy atom. The van der Waals surface area contributed by atoms with Crippen LogP contribution in [-0.4, -0.2) is 0 Å². The van der Waals surface area contributed by atoms with Gasteiger partial charge in [-0.25, -0.2) is 0 Å². The number of nitrogens with zero attached hydrogens (tertiary/aromatic N) is 1. The lowest BCUT2D eigenvalue weighted by Crippen LogP contribution is -1.96. The molecule has 1 aliphatic rings. The largest absolute Gasteiger partial charge is 0.401 e. The lowest BCUT2D eigenvalue weighted by molar-refractivity contribution is 1.17. The molecule has 0 spiro atoms. The number of nitriles is 1. The van der Waals surface area contributed by atoms with Crippen LogP contribution in [0.3, 0.4) is 0 Å². The van der Waals surface area contributed by atoms with Crippen LogP contribution in [0.2, 0.25) is 0 Å². The maximum Gasteiger partial charge on any atom is 0.102 e. The van der Waals surface area contributed by atoms with Crippen LogP contribution in [0, 0.1) is 11.3 Å². The van der Waals surface area contributed by atoms with E-state index in [1.807, 2.05) is 10.8 Å². The Bertz CT molecular complexity index is 368. The second-order valence-electron chi connectivity index (χ2n) is 2.50. The summed E-state index contributed by atoms with van der Waals surface area (Å²) in [5, 5.41) is 12.7. The number of hydrogen-bond donors (Lipinski definition) is 1. The molecule has 2 rings (SSSR count). The molecule has 2 nitrogen and oxygen atoms in total. The monoisotopic (exact) mass is 162 g/mol. The molecular weight excluding hydrogens is 156 g/mol. The van der Waals surface area contributed by atoms with E-state index >= 15 is 0 Å². The second-order valence-corrected chi connectivity index (χ2v) is 3.24. The number of thiophene rings is 1. The Morgan fingerprint density at radius 3 is 3.09 bits per heavy atom. The minimum absolute atomic E-state index is 0.668. The molecule has 3 heteroatoms. The van der Waals surface area contributed by atoms with Crippen LogP contribution in [0.1, 0.15) is 11.1 Å². The molecule has 0 aliphatic heterocycles. The fourth-order valence-electron chi connectivity index (χ4n) is 1.28. The molecule has 1 heterocycles. The highest BCUT2D eigenvalue weighted by Gasteiger charge is 2.19. The van der Waals surface area contributed by atoms with Crippen molar-refractivity contribution in [1.29, 1.82) is 5.26 Å². The van der Waals surface area contributed by atoms with Crippen molar-refractivity contribution in [2.24, 2.45) is 5.73 Å². The summed E-state index contributed by atoms with van der Waals surface area (Å²) in [4.78, 5) is 0. The zero-order chi connectivity index (χ0) is 7.84. The van der Waals surface area contributed by atoms with Crippen LogP contribution in [-0.2, 0) is 6.42 Å². The van der Waals surface area contributed by atoms with Crippen LogP contribution < -0.4 is 5.73 Å². The summed E-state index contributed by atoms with van der Waals surface area (Å²) in [5.41, 5.74) is 9.26. The maximum absolute atomic E-state index is 8.72. The predicted octanol–water partition coefficient (Wildman–Crippen LogP) is 1.50. The van der Waals surface area contributed by atoms with Gasteiger partial charge in [-0.3, -0.25) is 0 Å². The lowest BCUT2D eigenvalue weighted by atomic mass is 10.2. The molecule has 0 unspecified atom stereocenters. The standard InChI is InChI=1S/C8H6N2S/c9-2-6-7-4-11-3-5(7)1-8(6)10/h3-4H,1,10H2. The van der Waals surface area contributed by atoms with Gasteiger partial charge in [0, 0.05) is 17.7 Å². The summed E-state index contributed by atoms with van der Waals surface area (Å²) in [6, 6.07) is 2.12. The minimum atomic E-state index is 0.668. The third kappa shape index (κ3) is 0.765. The highest BCUT2D eigenvalue weighted by Crippen LogP contribution is 2.32. The Balaban J connectivity index is 2.62. The molecule has 2 N–H and O–H groups in total. The van der Waals surface area contributed by atoms with Gasteiger partial charge in [-0.15, -0.1) is 0 Å². The zero-order valence-electron chi connectivity index (χ0n) is 5.79. The van der Waals surface area contributed by atoms with Crippen molar-refractivity contribution in [2.45, 2.75) is 6.42 Å². The van der Waals surface area contributed by atoms with Crippen molar-refractivity contribution in [3.05, 3.63) is 27.6 Å². The van der Waals surface area contributed by atoms with Crippen LogP contribution in [0.5, 0.6) is 0 Å². The van der Waals surface area contributed by atoms with Gasteiger partial charge in [-0.2, -0.15) is 16.6 Å². The topological polar surface area (TPSA) is 49.8 Å². The summed E-state index contributed by atoms with van der Waals surface area (Å²) in [5.74, 6) is 0. The van der Waals surface area contributed by atoms with Gasteiger partial charge in [0.25, 0.3) is 0 Å². The van der Waals surface area contributed by atoms with Crippen molar-refractivity contribution in [1.82, 2.24) is 0 Å². The van der Waals surface area contributed by atoms with Gasteiger partial charge in [0.2, 0.25) is 0 Å². The predicted molar refractivity (Wildman–Crippen MR) is 44.7 cm³/mol. The maximum atomic E-state index is 8.72. The number of hydrogen-bond acceptors (Lipinski definition) is 3. The van der Waals surface area contributed by atoms with E-state index in [1.165, 1.54) is 5.56 Å². The number of nitrogens with two attached hydrogens (primary N) is 1. The van der Waals surface area contributed by atoms with Gasteiger partial charge in [0.05, 0.1) is 5.57 Å². The van der Waals surface area contributed by atoms with Crippen molar-refractivity contribution < 1.29 is 0 Å². The fraction of sp³-hybridized carbons (Fsp3) is 0.125. The Morgan fingerprint density at radius 1 is 1.55 bits per heavy atom. The molecule has 1 aliphatic carbocycles. The Labute approximate surface area is 68.6 Å². The number of fused-ring (bicyclic) bond motifs is 1. The molecule has 1 aromatic rings. The minimum Gasteiger partial charge on any atom is -0.401 e. The first-order valence-electron chi connectivity index (χ1n) is 3.27. The summed E-state index contributed by atoms with van der Waals surface area (Å²) in [7, 11) is 0. The molecular formula is C8H6N2S. The summed E-state index contributed by atoms with van der Waals surface area (Å²) in [6.45, 7) is 0. The number of rotatable bonds is 0. The first-order chi connectivity index (χ1) is 5.33. The summed E-state index contributed by atoms with van der Waals surface area (Å²) >= 11 is 1.62. The molecule has 0 saturated carbocycles. The Kier molecular flexibility index (Phi) is 1.23. The van der Waals surface area contributed by atoms with E-state index < -0.39 is 0 Å². The third-order valence-corrected chi connectivity index (χ3v) is 2.62. The van der Waals surface area contributed by atoms with Crippen LogP contribution >= 0.6 is 11.3 Å². The fourth-order valence-corrected chi connectivity index (χ4v) is 2.13. The van der Waals surface area contributed by atoms with Crippen molar-refractivity contribution in [3.63, 3.8) is 0 Å². The quantitative estimate of drug-likeness (QED) is 0.628. The highest BCUT2D eigenvalue weighted by atomic mass is 32.1. The van der Waals surface area contributed by atoms with Gasteiger partial charge in [0.1, 0.15) is 6.07 Å². The highest BCUT2D eigenvalue weighted by molar-refractivity contribution is 7.08. The smallest absolute Gasteiger partial charge is 0.102 e. The van der Waals surface area contributed by atoms with Crippen molar-refractivity contribution in [2.75, 3.05) is 0 Å². The molecule has 0 bridgehead atoms. The molecule has 0 saturated heterocycles. The van der Waals surface area contributed by atoms with E-state index in [9.17, 15) is 0 Å².